The van der Waals surface area contributed by atoms with Crippen molar-refractivity contribution in [3.8, 4) is 0 Å². The van der Waals surface area contributed by atoms with Gasteiger partial charge in [0, 0.05) is 0 Å². The molecule has 7 heavy (non-hydrogen) atoms. The summed E-state index contributed by atoms with van der Waals surface area (Å²) in [6.07, 6.45) is 0. The molecule has 0 saturated heterocycles. The summed E-state index contributed by atoms with van der Waals surface area (Å²) < 4.78 is 9.94. The van der Waals surface area contributed by atoms with Crippen LogP contribution in [-0.2, 0) is 3.74 Å². The van der Waals surface area contributed by atoms with E-state index in [1.807, 2.05) is 0 Å². The van der Waals surface area contributed by atoms with Gasteiger partial charge in [-0.25, -0.2) is 0 Å². The molecule has 0 rings (SSSR count). The minimum atomic E-state index is -1.32. The number of hydrogen-bond donors (Lipinski definition) is 1. The third-order valence-corrected chi connectivity index (χ3v) is 3.03. The molecule has 0 aromatic carbocycles. The van der Waals surface area contributed by atoms with Gasteiger partial charge in [0.15, 0.2) is 0 Å². The molecule has 0 spiro atoms. The van der Waals surface area contributed by atoms with E-state index in [2.05, 4.69) is 0 Å². The standard InChI is InChI=1S/C4H11AsO2/c1-4(2,6)3-5-7/h6H,3,5H2,1-2H3. The van der Waals surface area contributed by atoms with E-state index in [1.165, 1.54) is 0 Å². The molecule has 0 saturated carbocycles. The predicted octanol–water partition coefficient (Wildman–Crippen LogP) is -0.310. The second-order valence-corrected chi connectivity index (χ2v) is 3.74. The Morgan fingerprint density at radius 3 is 2.14 bits per heavy atom. The predicted molar refractivity (Wildman–Crippen MR) is 30.3 cm³/mol. The molecule has 0 fully saturated rings. The second kappa shape index (κ2) is 2.58. The molecule has 0 aliphatic heterocycles. The van der Waals surface area contributed by atoms with Crippen molar-refractivity contribution in [2.75, 3.05) is 0 Å². The Bertz CT molecular complexity index is 64.6. The van der Waals surface area contributed by atoms with Crippen molar-refractivity contribution in [3.63, 3.8) is 0 Å². The minimum absolute atomic E-state index is 0.497. The van der Waals surface area contributed by atoms with Crippen LogP contribution < -0.4 is 0 Å². The molecule has 44 valence electrons. The summed E-state index contributed by atoms with van der Waals surface area (Å²) >= 11 is -1.32. The van der Waals surface area contributed by atoms with Crippen LogP contribution in [-0.4, -0.2) is 26.4 Å². The Labute approximate surface area is 49.8 Å². The van der Waals surface area contributed by atoms with E-state index in [4.69, 9.17) is 5.11 Å². The van der Waals surface area contributed by atoms with E-state index < -0.39 is 21.3 Å². The third kappa shape index (κ3) is 6.32. The third-order valence-electron chi connectivity index (χ3n) is 0.583. The van der Waals surface area contributed by atoms with Gasteiger partial charge < -0.3 is 0 Å². The summed E-state index contributed by atoms with van der Waals surface area (Å²) in [6.45, 7) is 3.34. The normalized spacial score (nSPS) is 13.6. The molecule has 0 bridgehead atoms. The quantitative estimate of drug-likeness (QED) is 0.571. The Morgan fingerprint density at radius 2 is 2.14 bits per heavy atom. The molecule has 1 N–H and O–H groups in total. The van der Waals surface area contributed by atoms with E-state index in [0.717, 1.165) is 0 Å². The first-order valence-electron chi connectivity index (χ1n) is 2.22. The molecule has 0 aromatic rings. The second-order valence-electron chi connectivity index (χ2n) is 2.18. The first-order chi connectivity index (χ1) is 3.06. The molecule has 2 nitrogen and oxygen atoms in total. The molecule has 0 radical (unpaired) electrons. The van der Waals surface area contributed by atoms with E-state index in [9.17, 15) is 3.74 Å². The molecule has 1 unspecified atom stereocenters. The molecule has 1 atom stereocenters. The monoisotopic (exact) mass is 166 g/mol. The van der Waals surface area contributed by atoms with Crippen molar-refractivity contribution >= 4 is 15.7 Å². The van der Waals surface area contributed by atoms with Crippen LogP contribution in [0.2, 0.25) is 5.21 Å². The van der Waals surface area contributed by atoms with Crippen LogP contribution in [0.4, 0.5) is 0 Å². The van der Waals surface area contributed by atoms with Crippen LogP contribution in [0, 0.1) is 0 Å². The van der Waals surface area contributed by atoms with Crippen LogP contribution in [0.25, 0.3) is 0 Å². The summed E-state index contributed by atoms with van der Waals surface area (Å²) in [5.41, 5.74) is -0.693. The first kappa shape index (κ1) is 7.32. The zero-order valence-corrected chi connectivity index (χ0v) is 7.06. The van der Waals surface area contributed by atoms with Gasteiger partial charge in [-0.2, -0.15) is 0 Å². The Kier molecular flexibility index (Phi) is 2.70. The number of hydrogen-bond acceptors (Lipinski definition) is 2. The molecule has 0 aromatic heterocycles. The van der Waals surface area contributed by atoms with Gasteiger partial charge in [0.05, 0.1) is 0 Å². The van der Waals surface area contributed by atoms with Gasteiger partial charge in [0.2, 0.25) is 0 Å². The Balaban J connectivity index is 3.34. The SMILES string of the molecule is CC(C)(O)C[AsH2]=O. The molecular weight excluding hydrogens is 155 g/mol. The fraction of sp³-hybridized carbons (Fsp3) is 1.00. The molecule has 0 aliphatic rings. The van der Waals surface area contributed by atoms with Crippen molar-refractivity contribution in [1.29, 1.82) is 0 Å². The Hall–Kier alpha value is 0.318. The fourth-order valence-electron chi connectivity index (χ4n) is 0.204. The molecule has 0 heterocycles. The van der Waals surface area contributed by atoms with E-state index in [1.54, 1.807) is 13.8 Å². The van der Waals surface area contributed by atoms with Gasteiger partial charge in [0.25, 0.3) is 0 Å². The summed E-state index contributed by atoms with van der Waals surface area (Å²) in [6, 6.07) is 0. The zero-order chi connectivity index (χ0) is 5.91. The molecule has 0 aliphatic carbocycles. The zero-order valence-electron chi connectivity index (χ0n) is 4.64. The van der Waals surface area contributed by atoms with Crippen LogP contribution in [0.1, 0.15) is 13.8 Å². The summed E-state index contributed by atoms with van der Waals surface area (Å²) in [7, 11) is 0. The van der Waals surface area contributed by atoms with Gasteiger partial charge in [-0.3, -0.25) is 0 Å². The van der Waals surface area contributed by atoms with Crippen molar-refractivity contribution in [3.05, 3.63) is 0 Å². The van der Waals surface area contributed by atoms with E-state index in [-0.39, 0.29) is 0 Å². The number of aliphatic hydroxyl groups is 1. The van der Waals surface area contributed by atoms with Gasteiger partial charge in [-0.15, -0.1) is 0 Å². The molecule has 0 amide bonds. The average molecular weight is 166 g/mol. The maximum atomic E-state index is 9.94. The van der Waals surface area contributed by atoms with E-state index in [0.29, 0.717) is 5.21 Å². The molecule has 3 heteroatoms. The van der Waals surface area contributed by atoms with Gasteiger partial charge >= 0.3 is 49.2 Å². The van der Waals surface area contributed by atoms with Crippen molar-refractivity contribution in [1.82, 2.24) is 0 Å². The first-order valence-corrected chi connectivity index (χ1v) is 4.92. The Morgan fingerprint density at radius 1 is 1.71 bits per heavy atom. The summed E-state index contributed by atoms with van der Waals surface area (Å²) in [5.74, 6) is 0. The van der Waals surface area contributed by atoms with Crippen molar-refractivity contribution < 1.29 is 8.85 Å². The van der Waals surface area contributed by atoms with Crippen LogP contribution in [0.3, 0.4) is 0 Å². The van der Waals surface area contributed by atoms with Gasteiger partial charge in [-0.1, -0.05) is 0 Å². The average Bonchev–Trinajstić information content (AvgIpc) is 1.30. The van der Waals surface area contributed by atoms with Crippen LogP contribution >= 0.6 is 0 Å². The summed E-state index contributed by atoms with van der Waals surface area (Å²) in [5, 5.41) is 9.35. The fourth-order valence-corrected chi connectivity index (χ4v) is 1.06. The summed E-state index contributed by atoms with van der Waals surface area (Å²) in [4.78, 5) is 0. The van der Waals surface area contributed by atoms with Crippen molar-refractivity contribution in [2.24, 2.45) is 0 Å². The van der Waals surface area contributed by atoms with Gasteiger partial charge in [0.1, 0.15) is 0 Å². The van der Waals surface area contributed by atoms with Crippen LogP contribution in [0.15, 0.2) is 0 Å². The van der Waals surface area contributed by atoms with Crippen LogP contribution in [0.5, 0.6) is 0 Å². The van der Waals surface area contributed by atoms with E-state index >= 15 is 0 Å². The number of rotatable bonds is 2. The molecular formula is C4H11AsO2. The van der Waals surface area contributed by atoms with Gasteiger partial charge in [-0.05, 0) is 0 Å². The maximum absolute atomic E-state index is 9.94. The topological polar surface area (TPSA) is 37.3 Å². The van der Waals surface area contributed by atoms with Crippen molar-refractivity contribution in [2.45, 2.75) is 24.7 Å².